The molecule has 4 aliphatic carbocycles. The maximum Gasteiger partial charge on any atom is 0.302 e. The van der Waals surface area contributed by atoms with Crippen LogP contribution >= 0.6 is 0 Å². The van der Waals surface area contributed by atoms with Crippen molar-refractivity contribution >= 4 is 11.8 Å². The van der Waals surface area contributed by atoms with Crippen LogP contribution in [0.2, 0.25) is 0 Å². The minimum Gasteiger partial charge on any atom is -0.462 e. The third-order valence-corrected chi connectivity index (χ3v) is 8.02. The highest BCUT2D eigenvalue weighted by molar-refractivity contribution is 6.01. The zero-order valence-corrected chi connectivity index (χ0v) is 16.2. The van der Waals surface area contributed by atoms with Crippen molar-refractivity contribution in [2.24, 2.45) is 28.6 Å². The molecule has 0 N–H and O–H groups in total. The minimum absolute atomic E-state index is 0.0718. The second kappa shape index (κ2) is 6.21. The molecule has 3 nitrogen and oxygen atoms in total. The Bertz CT molecular complexity index is 728. The Hall–Kier alpha value is -1.64. The molecule has 0 aliphatic heterocycles. The molecule has 0 aromatic heterocycles. The molecule has 0 saturated heterocycles. The Kier molecular flexibility index (Phi) is 4.24. The van der Waals surface area contributed by atoms with Gasteiger partial charge in [0.2, 0.25) is 0 Å². The zero-order valence-electron chi connectivity index (χ0n) is 16.2. The predicted octanol–water partition coefficient (Wildman–Crippen LogP) is 4.78. The third-order valence-electron chi connectivity index (χ3n) is 8.02. The van der Waals surface area contributed by atoms with Crippen LogP contribution in [-0.2, 0) is 14.3 Å². The molecule has 0 heterocycles. The van der Waals surface area contributed by atoms with Gasteiger partial charge in [-0.1, -0.05) is 31.1 Å². The van der Waals surface area contributed by atoms with Crippen molar-refractivity contribution in [1.82, 2.24) is 0 Å². The maximum atomic E-state index is 11.8. The lowest BCUT2D eigenvalue weighted by atomic mass is 9.48. The van der Waals surface area contributed by atoms with Crippen molar-refractivity contribution in [1.29, 1.82) is 0 Å². The number of rotatable bonds is 2. The molecule has 0 unspecified atom stereocenters. The van der Waals surface area contributed by atoms with E-state index in [1.807, 2.05) is 6.08 Å². The highest BCUT2D eigenvalue weighted by Crippen LogP contribution is 2.65. The van der Waals surface area contributed by atoms with Gasteiger partial charge in [0.1, 0.15) is 6.61 Å². The van der Waals surface area contributed by atoms with Crippen molar-refractivity contribution in [3.8, 4) is 0 Å². The van der Waals surface area contributed by atoms with Crippen LogP contribution < -0.4 is 0 Å². The summed E-state index contributed by atoms with van der Waals surface area (Å²) >= 11 is 0. The molecular formula is C23H30O3. The summed E-state index contributed by atoms with van der Waals surface area (Å²) in [5, 5.41) is 0. The summed E-state index contributed by atoms with van der Waals surface area (Å²) in [4.78, 5) is 22.9. The predicted molar refractivity (Wildman–Crippen MR) is 101 cm³/mol. The molecular weight excluding hydrogens is 324 g/mol. The number of allylic oxidation sites excluding steroid dienone is 5. The van der Waals surface area contributed by atoms with E-state index in [0.717, 1.165) is 18.8 Å². The number of esters is 1. The second-order valence-corrected chi connectivity index (χ2v) is 9.13. The lowest BCUT2D eigenvalue weighted by molar-refractivity contribution is -0.139. The van der Waals surface area contributed by atoms with Gasteiger partial charge in [-0.2, -0.15) is 0 Å². The molecule has 26 heavy (non-hydrogen) atoms. The summed E-state index contributed by atoms with van der Waals surface area (Å²) in [5.74, 6) is 2.05. The van der Waals surface area contributed by atoms with Crippen LogP contribution in [0.4, 0.5) is 0 Å². The fraction of sp³-hybridized carbons (Fsp3) is 0.652. The molecule has 140 valence electrons. The van der Waals surface area contributed by atoms with Gasteiger partial charge < -0.3 is 4.74 Å². The number of fused-ring (bicyclic) bond motifs is 5. The molecule has 3 saturated carbocycles. The van der Waals surface area contributed by atoms with E-state index in [2.05, 4.69) is 26.0 Å². The highest BCUT2D eigenvalue weighted by Gasteiger charge is 2.56. The van der Waals surface area contributed by atoms with Crippen molar-refractivity contribution in [2.75, 3.05) is 6.61 Å². The molecule has 0 bridgehead atoms. The van der Waals surface area contributed by atoms with Gasteiger partial charge in [-0.05, 0) is 79.9 Å². The van der Waals surface area contributed by atoms with Crippen LogP contribution in [0.1, 0.15) is 59.3 Å². The summed E-state index contributed by atoms with van der Waals surface area (Å²) in [6.07, 6.45) is 15.2. The van der Waals surface area contributed by atoms with Gasteiger partial charge in [0.05, 0.1) is 0 Å². The van der Waals surface area contributed by atoms with Gasteiger partial charge in [0.15, 0.2) is 5.78 Å². The monoisotopic (exact) mass is 354 g/mol. The molecule has 0 aromatic carbocycles. The van der Waals surface area contributed by atoms with Crippen LogP contribution in [-0.4, -0.2) is 18.4 Å². The smallest absolute Gasteiger partial charge is 0.302 e. The fourth-order valence-electron chi connectivity index (χ4n) is 6.64. The van der Waals surface area contributed by atoms with Crippen molar-refractivity contribution in [3.05, 3.63) is 35.5 Å². The zero-order chi connectivity index (χ0) is 18.5. The Labute approximate surface area is 156 Å². The van der Waals surface area contributed by atoms with Crippen molar-refractivity contribution in [3.63, 3.8) is 0 Å². The number of hydrogen-bond donors (Lipinski definition) is 0. The van der Waals surface area contributed by atoms with Gasteiger partial charge in [-0.15, -0.1) is 0 Å². The van der Waals surface area contributed by atoms with Gasteiger partial charge >= 0.3 is 5.97 Å². The topological polar surface area (TPSA) is 43.4 Å². The number of hydrogen-bond acceptors (Lipinski definition) is 3. The average molecular weight is 354 g/mol. The van der Waals surface area contributed by atoms with E-state index in [9.17, 15) is 9.59 Å². The Morgan fingerprint density at radius 1 is 1.23 bits per heavy atom. The molecule has 4 aliphatic rings. The van der Waals surface area contributed by atoms with E-state index in [0.29, 0.717) is 18.4 Å². The van der Waals surface area contributed by atoms with Gasteiger partial charge in [-0.25, -0.2) is 0 Å². The first-order valence-corrected chi connectivity index (χ1v) is 10.1. The molecule has 3 heteroatoms. The van der Waals surface area contributed by atoms with E-state index >= 15 is 0 Å². The Morgan fingerprint density at radius 2 is 2.04 bits per heavy atom. The first-order chi connectivity index (χ1) is 12.3. The van der Waals surface area contributed by atoms with Gasteiger partial charge in [-0.3, -0.25) is 9.59 Å². The third kappa shape index (κ3) is 2.62. The quantitative estimate of drug-likeness (QED) is 0.529. The molecule has 3 fully saturated rings. The Morgan fingerprint density at radius 3 is 2.81 bits per heavy atom. The number of carbonyl (C=O) groups excluding carboxylic acids is 2. The molecule has 5 atom stereocenters. The van der Waals surface area contributed by atoms with Gasteiger partial charge in [0.25, 0.3) is 0 Å². The lowest BCUT2D eigenvalue weighted by Crippen LogP contribution is -2.48. The molecule has 0 aromatic rings. The van der Waals surface area contributed by atoms with E-state index in [1.165, 1.54) is 43.8 Å². The minimum atomic E-state index is -0.205. The van der Waals surface area contributed by atoms with Crippen molar-refractivity contribution in [2.45, 2.75) is 59.3 Å². The second-order valence-electron chi connectivity index (χ2n) is 9.13. The van der Waals surface area contributed by atoms with Crippen LogP contribution in [0.3, 0.4) is 0 Å². The largest absolute Gasteiger partial charge is 0.462 e. The molecule has 4 rings (SSSR count). The van der Waals surface area contributed by atoms with E-state index in [4.69, 9.17) is 4.74 Å². The average Bonchev–Trinajstić information content (AvgIpc) is 2.92. The number of ether oxygens (including phenoxy) is 1. The van der Waals surface area contributed by atoms with E-state index in [1.54, 1.807) is 6.08 Å². The van der Waals surface area contributed by atoms with E-state index < -0.39 is 0 Å². The normalized spacial score (nSPS) is 42.7. The number of carbonyl (C=O) groups is 2. The maximum absolute atomic E-state index is 11.8. The SMILES string of the molecule is CC(=O)OCC=C1CC[C@H]2[C@@H]3CCC4=CC(=O)C=C[C@]4(C)[C@H]3CC[C@]12C. The van der Waals surface area contributed by atoms with E-state index in [-0.39, 0.29) is 22.6 Å². The molecule has 0 spiro atoms. The summed E-state index contributed by atoms with van der Waals surface area (Å²) in [6, 6.07) is 0. The molecule has 0 radical (unpaired) electrons. The number of ketones is 1. The van der Waals surface area contributed by atoms with Crippen LogP contribution in [0.25, 0.3) is 0 Å². The Balaban J connectivity index is 1.58. The van der Waals surface area contributed by atoms with Crippen LogP contribution in [0, 0.1) is 28.6 Å². The summed E-state index contributed by atoms with van der Waals surface area (Å²) in [5.41, 5.74) is 3.19. The first-order valence-electron chi connectivity index (χ1n) is 10.1. The highest BCUT2D eigenvalue weighted by atomic mass is 16.5. The van der Waals surface area contributed by atoms with Crippen LogP contribution in [0.5, 0.6) is 0 Å². The standard InChI is InChI=1S/C23H30O3/c1-15(24)26-13-10-16-5-7-20-19-6-4-17-14-18(25)8-11-23(17,3)21(19)9-12-22(16,20)2/h8,10-11,14,19-21H,4-7,9,12-13H2,1-3H3/t19-,20-,21-,22+,23-/m0/s1. The summed E-state index contributed by atoms with van der Waals surface area (Å²) in [6.45, 7) is 6.68. The molecule has 0 amide bonds. The van der Waals surface area contributed by atoms with Crippen molar-refractivity contribution < 1.29 is 14.3 Å². The van der Waals surface area contributed by atoms with Crippen LogP contribution in [0.15, 0.2) is 35.5 Å². The fourth-order valence-corrected chi connectivity index (χ4v) is 6.64. The summed E-state index contributed by atoms with van der Waals surface area (Å²) < 4.78 is 5.17. The summed E-state index contributed by atoms with van der Waals surface area (Å²) in [7, 11) is 0. The first kappa shape index (κ1) is 17.8. The van der Waals surface area contributed by atoms with Gasteiger partial charge in [0, 0.05) is 12.3 Å². The lowest BCUT2D eigenvalue weighted by Gasteiger charge is -2.56.